The van der Waals surface area contributed by atoms with Crippen LogP contribution in [0.25, 0.3) is 0 Å². The van der Waals surface area contributed by atoms with Gasteiger partial charge in [-0.05, 0) is 68.1 Å². The quantitative estimate of drug-likeness (QED) is 0.720. The summed E-state index contributed by atoms with van der Waals surface area (Å²) < 4.78 is 10.9. The second-order valence-electron chi connectivity index (χ2n) is 6.54. The molecule has 142 valence electrons. The Morgan fingerprint density at radius 3 is 2.48 bits per heavy atom. The summed E-state index contributed by atoms with van der Waals surface area (Å²) in [5.41, 5.74) is 1.07. The standard InChI is InChI=1S/C21H22ClNO4/c22-16-5-4-8-19(13-16)26-14-20(24)23-17-11-9-15(10-12-17)21(25)27-18-6-2-1-3-7-18/h4-5,8-13,18H,1-3,6-7,14H2,(H,23,24). The van der Waals surface area contributed by atoms with Crippen LogP contribution in [0.4, 0.5) is 5.69 Å². The molecule has 0 heterocycles. The number of carbonyl (C=O) groups is 2. The molecular weight excluding hydrogens is 366 g/mol. The summed E-state index contributed by atoms with van der Waals surface area (Å²) in [6.45, 7) is -0.133. The Morgan fingerprint density at radius 2 is 1.78 bits per heavy atom. The highest BCUT2D eigenvalue weighted by atomic mass is 35.5. The molecule has 1 N–H and O–H groups in total. The van der Waals surface area contributed by atoms with Gasteiger partial charge in [0.25, 0.3) is 5.91 Å². The molecule has 0 saturated heterocycles. The highest BCUT2D eigenvalue weighted by Crippen LogP contribution is 2.22. The number of nitrogens with one attached hydrogen (secondary N) is 1. The van der Waals surface area contributed by atoms with Crippen LogP contribution in [0, 0.1) is 0 Å². The molecule has 1 saturated carbocycles. The van der Waals surface area contributed by atoms with Crippen molar-refractivity contribution in [2.75, 3.05) is 11.9 Å². The molecule has 0 atom stereocenters. The second kappa shape index (κ2) is 9.42. The Labute approximate surface area is 163 Å². The number of carbonyl (C=O) groups excluding carboxylic acids is 2. The van der Waals surface area contributed by atoms with Gasteiger partial charge in [-0.25, -0.2) is 4.79 Å². The minimum Gasteiger partial charge on any atom is -0.484 e. The number of anilines is 1. The second-order valence-corrected chi connectivity index (χ2v) is 6.97. The third-order valence-electron chi connectivity index (χ3n) is 4.40. The van der Waals surface area contributed by atoms with Crippen LogP contribution in [0.3, 0.4) is 0 Å². The maximum Gasteiger partial charge on any atom is 0.338 e. The van der Waals surface area contributed by atoms with Crippen molar-refractivity contribution >= 4 is 29.2 Å². The maximum absolute atomic E-state index is 12.2. The van der Waals surface area contributed by atoms with Crippen molar-refractivity contribution in [1.29, 1.82) is 0 Å². The van der Waals surface area contributed by atoms with Crippen LogP contribution in [0.1, 0.15) is 42.5 Å². The van der Waals surface area contributed by atoms with Gasteiger partial charge in [0.2, 0.25) is 0 Å². The van der Waals surface area contributed by atoms with Crippen LogP contribution < -0.4 is 10.1 Å². The normalized spacial score (nSPS) is 14.4. The fourth-order valence-corrected chi connectivity index (χ4v) is 3.18. The number of rotatable bonds is 6. The van der Waals surface area contributed by atoms with Crippen molar-refractivity contribution < 1.29 is 19.1 Å². The minimum absolute atomic E-state index is 0.0225. The van der Waals surface area contributed by atoms with Crippen molar-refractivity contribution in [3.8, 4) is 5.75 Å². The summed E-state index contributed by atoms with van der Waals surface area (Å²) in [6.07, 6.45) is 5.33. The van der Waals surface area contributed by atoms with Gasteiger partial charge in [-0.15, -0.1) is 0 Å². The zero-order valence-electron chi connectivity index (χ0n) is 14.9. The van der Waals surface area contributed by atoms with Gasteiger partial charge in [0.1, 0.15) is 11.9 Å². The molecule has 0 aromatic heterocycles. The third kappa shape index (κ3) is 6.00. The van der Waals surface area contributed by atoms with Gasteiger partial charge in [-0.3, -0.25) is 4.79 Å². The lowest BCUT2D eigenvalue weighted by atomic mass is 9.98. The predicted octanol–water partition coefficient (Wildman–Crippen LogP) is 4.85. The Morgan fingerprint density at radius 1 is 1.04 bits per heavy atom. The van der Waals surface area contributed by atoms with Crippen molar-refractivity contribution in [2.45, 2.75) is 38.2 Å². The first-order valence-corrected chi connectivity index (χ1v) is 9.47. The van der Waals surface area contributed by atoms with Gasteiger partial charge in [-0.1, -0.05) is 24.1 Å². The van der Waals surface area contributed by atoms with Crippen molar-refractivity contribution in [3.05, 3.63) is 59.1 Å². The summed E-state index contributed by atoms with van der Waals surface area (Å²) in [6, 6.07) is 13.5. The van der Waals surface area contributed by atoms with Gasteiger partial charge < -0.3 is 14.8 Å². The SMILES string of the molecule is O=C(COc1cccc(Cl)c1)Nc1ccc(C(=O)OC2CCCCC2)cc1. The first-order chi connectivity index (χ1) is 13.1. The highest BCUT2D eigenvalue weighted by Gasteiger charge is 2.18. The van der Waals surface area contributed by atoms with E-state index in [0.29, 0.717) is 22.0 Å². The van der Waals surface area contributed by atoms with E-state index in [1.54, 1.807) is 48.5 Å². The van der Waals surface area contributed by atoms with Crippen LogP contribution in [-0.4, -0.2) is 24.6 Å². The Kier molecular flexibility index (Phi) is 6.71. The van der Waals surface area contributed by atoms with Crippen LogP contribution in [0.15, 0.2) is 48.5 Å². The smallest absolute Gasteiger partial charge is 0.338 e. The van der Waals surface area contributed by atoms with E-state index in [4.69, 9.17) is 21.1 Å². The van der Waals surface area contributed by atoms with E-state index in [0.717, 1.165) is 25.7 Å². The molecule has 6 heteroatoms. The fourth-order valence-electron chi connectivity index (χ4n) is 2.99. The molecule has 1 aliphatic rings. The summed E-state index contributed by atoms with van der Waals surface area (Å²) in [5, 5.41) is 3.27. The average molecular weight is 388 g/mol. The number of hydrogen-bond donors (Lipinski definition) is 1. The minimum atomic E-state index is -0.316. The summed E-state index contributed by atoms with van der Waals surface area (Å²) in [5.74, 6) is -0.0879. The van der Waals surface area contributed by atoms with Crippen LogP contribution in [-0.2, 0) is 9.53 Å². The molecule has 2 aromatic carbocycles. The van der Waals surface area contributed by atoms with E-state index in [1.165, 1.54) is 6.42 Å². The van der Waals surface area contributed by atoms with E-state index in [1.807, 2.05) is 0 Å². The average Bonchev–Trinajstić information content (AvgIpc) is 2.68. The van der Waals surface area contributed by atoms with Crippen molar-refractivity contribution in [2.24, 2.45) is 0 Å². The molecule has 1 amide bonds. The number of ether oxygens (including phenoxy) is 2. The van der Waals surface area contributed by atoms with Crippen LogP contribution in [0.2, 0.25) is 5.02 Å². The van der Waals surface area contributed by atoms with E-state index in [-0.39, 0.29) is 24.6 Å². The Hall–Kier alpha value is -2.53. The van der Waals surface area contributed by atoms with E-state index < -0.39 is 0 Å². The Balaban J connectivity index is 1.47. The van der Waals surface area contributed by atoms with E-state index >= 15 is 0 Å². The van der Waals surface area contributed by atoms with E-state index in [9.17, 15) is 9.59 Å². The zero-order valence-corrected chi connectivity index (χ0v) is 15.7. The molecule has 0 radical (unpaired) electrons. The molecule has 0 bridgehead atoms. The molecule has 2 aromatic rings. The predicted molar refractivity (Wildman–Crippen MR) is 104 cm³/mol. The Bertz CT molecular complexity index is 785. The summed E-state index contributed by atoms with van der Waals surface area (Å²) >= 11 is 5.87. The van der Waals surface area contributed by atoms with Gasteiger partial charge in [0.05, 0.1) is 5.56 Å². The molecule has 1 fully saturated rings. The van der Waals surface area contributed by atoms with Gasteiger partial charge in [-0.2, -0.15) is 0 Å². The number of amides is 1. The molecule has 27 heavy (non-hydrogen) atoms. The lowest BCUT2D eigenvalue weighted by Gasteiger charge is -2.21. The molecule has 5 nitrogen and oxygen atoms in total. The maximum atomic E-state index is 12.2. The monoisotopic (exact) mass is 387 g/mol. The van der Waals surface area contributed by atoms with Gasteiger partial charge in [0.15, 0.2) is 6.61 Å². The van der Waals surface area contributed by atoms with E-state index in [2.05, 4.69) is 5.32 Å². The molecular formula is C21H22ClNO4. The largest absolute Gasteiger partial charge is 0.484 e. The highest BCUT2D eigenvalue weighted by molar-refractivity contribution is 6.30. The van der Waals surface area contributed by atoms with Crippen LogP contribution in [0.5, 0.6) is 5.75 Å². The molecule has 0 spiro atoms. The molecule has 0 unspecified atom stereocenters. The number of esters is 1. The topological polar surface area (TPSA) is 64.6 Å². The number of benzene rings is 2. The molecule has 3 rings (SSSR count). The first kappa shape index (κ1) is 19.2. The summed E-state index contributed by atoms with van der Waals surface area (Å²) in [7, 11) is 0. The number of hydrogen-bond acceptors (Lipinski definition) is 4. The lowest BCUT2D eigenvalue weighted by Crippen LogP contribution is -2.21. The zero-order chi connectivity index (χ0) is 19.1. The van der Waals surface area contributed by atoms with Crippen molar-refractivity contribution in [1.82, 2.24) is 0 Å². The van der Waals surface area contributed by atoms with Crippen LogP contribution >= 0.6 is 11.6 Å². The van der Waals surface area contributed by atoms with Gasteiger partial charge >= 0.3 is 5.97 Å². The molecule has 1 aliphatic carbocycles. The van der Waals surface area contributed by atoms with Crippen molar-refractivity contribution in [3.63, 3.8) is 0 Å². The first-order valence-electron chi connectivity index (χ1n) is 9.09. The molecule has 0 aliphatic heterocycles. The number of halogens is 1. The fraction of sp³-hybridized carbons (Fsp3) is 0.333. The van der Waals surface area contributed by atoms with Gasteiger partial charge in [0, 0.05) is 10.7 Å². The summed E-state index contributed by atoms with van der Waals surface area (Å²) in [4.78, 5) is 24.2. The lowest BCUT2D eigenvalue weighted by molar-refractivity contribution is -0.118. The third-order valence-corrected chi connectivity index (χ3v) is 4.63.